The van der Waals surface area contributed by atoms with Crippen LogP contribution in [0.3, 0.4) is 0 Å². The number of thiazole rings is 1. The first-order chi connectivity index (χ1) is 15.1. The third-order valence-electron chi connectivity index (χ3n) is 5.46. The number of piperazine rings is 1. The molecule has 0 radical (unpaired) electrons. The summed E-state index contributed by atoms with van der Waals surface area (Å²) in [6.07, 6.45) is 0. The predicted molar refractivity (Wildman–Crippen MR) is 126 cm³/mol. The molecule has 1 N–H and O–H groups in total. The molecular weight excluding hydrogens is 408 g/mol. The largest absolute Gasteiger partial charge is 0.497 e. The van der Waals surface area contributed by atoms with Gasteiger partial charge >= 0.3 is 0 Å². The number of hydrogen-bond acceptors (Lipinski definition) is 6. The second kappa shape index (κ2) is 10.0. The molecule has 1 fully saturated rings. The summed E-state index contributed by atoms with van der Waals surface area (Å²) >= 11 is 1.63. The summed E-state index contributed by atoms with van der Waals surface area (Å²) in [5.74, 6) is 0.905. The number of carbonyl (C=O) groups is 1. The molecule has 6 nitrogen and oxygen atoms in total. The highest BCUT2D eigenvalue weighted by molar-refractivity contribution is 7.09. The van der Waals surface area contributed by atoms with Gasteiger partial charge in [-0.15, -0.1) is 11.3 Å². The molecule has 3 aromatic rings. The second-order valence-electron chi connectivity index (χ2n) is 7.78. The number of methoxy groups -OCH3 is 1. The van der Waals surface area contributed by atoms with E-state index in [0.29, 0.717) is 6.54 Å². The summed E-state index contributed by atoms with van der Waals surface area (Å²) in [5.41, 5.74) is 4.06. The Bertz CT molecular complexity index is 1010. The average Bonchev–Trinajstić information content (AvgIpc) is 3.22. The average molecular weight is 437 g/mol. The Morgan fingerprint density at radius 1 is 1.10 bits per heavy atom. The highest BCUT2D eigenvalue weighted by Crippen LogP contribution is 2.24. The maximum atomic E-state index is 12.6. The van der Waals surface area contributed by atoms with Gasteiger partial charge in [0.2, 0.25) is 5.91 Å². The van der Waals surface area contributed by atoms with Crippen LogP contribution in [0.4, 0.5) is 5.69 Å². The summed E-state index contributed by atoms with van der Waals surface area (Å²) in [7, 11) is 1.68. The molecule has 2 aromatic carbocycles. The lowest BCUT2D eigenvalue weighted by molar-refractivity contribution is -0.117. The maximum Gasteiger partial charge on any atom is 0.238 e. The molecule has 162 valence electrons. The van der Waals surface area contributed by atoms with Gasteiger partial charge in [0, 0.05) is 49.4 Å². The number of nitrogens with zero attached hydrogens (tertiary/aromatic N) is 3. The molecule has 1 aromatic heterocycles. The zero-order valence-corrected chi connectivity index (χ0v) is 18.8. The molecule has 0 aliphatic carbocycles. The number of benzene rings is 2. The summed E-state index contributed by atoms with van der Waals surface area (Å²) in [5, 5.41) is 6.12. The van der Waals surface area contributed by atoms with Crippen molar-refractivity contribution in [2.75, 3.05) is 45.2 Å². The van der Waals surface area contributed by atoms with E-state index >= 15 is 0 Å². The number of anilines is 1. The monoisotopic (exact) mass is 436 g/mol. The normalized spacial score (nSPS) is 15.0. The molecule has 7 heteroatoms. The number of hydrogen-bond donors (Lipinski definition) is 1. The Kier molecular flexibility index (Phi) is 6.96. The quantitative estimate of drug-likeness (QED) is 0.609. The van der Waals surface area contributed by atoms with Gasteiger partial charge in [-0.2, -0.15) is 0 Å². The van der Waals surface area contributed by atoms with E-state index < -0.39 is 0 Å². The third kappa shape index (κ3) is 5.91. The SMILES string of the molecule is COc1ccc(CN2CCN(CC(=O)Nc3cccc(-c4csc(C)n4)c3)CC2)cc1. The second-order valence-corrected chi connectivity index (χ2v) is 8.84. The van der Waals surface area contributed by atoms with Crippen LogP contribution in [0.25, 0.3) is 11.3 Å². The summed E-state index contributed by atoms with van der Waals surface area (Å²) in [4.78, 5) is 21.7. The van der Waals surface area contributed by atoms with Gasteiger partial charge in [-0.05, 0) is 36.8 Å². The molecule has 0 spiro atoms. The van der Waals surface area contributed by atoms with E-state index in [0.717, 1.165) is 60.4 Å². The molecule has 0 atom stereocenters. The van der Waals surface area contributed by atoms with Gasteiger partial charge in [0.05, 0.1) is 24.4 Å². The number of ether oxygens (including phenoxy) is 1. The van der Waals surface area contributed by atoms with E-state index in [1.807, 2.05) is 48.7 Å². The van der Waals surface area contributed by atoms with Crippen molar-refractivity contribution < 1.29 is 9.53 Å². The van der Waals surface area contributed by atoms with Crippen LogP contribution in [-0.4, -0.2) is 60.5 Å². The zero-order valence-electron chi connectivity index (χ0n) is 18.0. The molecule has 1 aliphatic rings. The topological polar surface area (TPSA) is 57.7 Å². The van der Waals surface area contributed by atoms with Crippen LogP contribution in [0.2, 0.25) is 0 Å². The van der Waals surface area contributed by atoms with Crippen LogP contribution in [0.1, 0.15) is 10.6 Å². The number of rotatable bonds is 7. The van der Waals surface area contributed by atoms with Gasteiger partial charge in [0.25, 0.3) is 0 Å². The first-order valence-electron chi connectivity index (χ1n) is 10.5. The van der Waals surface area contributed by atoms with Gasteiger partial charge in [0.1, 0.15) is 5.75 Å². The van der Waals surface area contributed by atoms with Crippen molar-refractivity contribution in [1.29, 1.82) is 0 Å². The number of carbonyl (C=O) groups excluding carboxylic acids is 1. The van der Waals surface area contributed by atoms with Crippen LogP contribution in [0.15, 0.2) is 53.9 Å². The number of amides is 1. The fourth-order valence-electron chi connectivity index (χ4n) is 3.75. The van der Waals surface area contributed by atoms with E-state index in [4.69, 9.17) is 4.74 Å². The molecule has 1 aliphatic heterocycles. The minimum atomic E-state index is 0.0233. The van der Waals surface area contributed by atoms with E-state index in [1.54, 1.807) is 18.4 Å². The van der Waals surface area contributed by atoms with Crippen molar-refractivity contribution in [3.05, 3.63) is 64.5 Å². The van der Waals surface area contributed by atoms with Crippen molar-refractivity contribution in [1.82, 2.24) is 14.8 Å². The van der Waals surface area contributed by atoms with E-state index in [9.17, 15) is 4.79 Å². The lowest BCUT2D eigenvalue weighted by Gasteiger charge is -2.34. The minimum absolute atomic E-state index is 0.0233. The first-order valence-corrected chi connectivity index (χ1v) is 11.4. The van der Waals surface area contributed by atoms with E-state index in [2.05, 4.69) is 32.2 Å². The molecule has 1 saturated heterocycles. The summed E-state index contributed by atoms with van der Waals surface area (Å²) in [6, 6.07) is 16.1. The van der Waals surface area contributed by atoms with Crippen molar-refractivity contribution in [3.63, 3.8) is 0 Å². The fourth-order valence-corrected chi connectivity index (χ4v) is 4.37. The lowest BCUT2D eigenvalue weighted by Crippen LogP contribution is -2.48. The van der Waals surface area contributed by atoms with Crippen LogP contribution < -0.4 is 10.1 Å². The van der Waals surface area contributed by atoms with Crippen LogP contribution >= 0.6 is 11.3 Å². The highest BCUT2D eigenvalue weighted by atomic mass is 32.1. The zero-order chi connectivity index (χ0) is 21.6. The molecule has 31 heavy (non-hydrogen) atoms. The number of nitrogens with one attached hydrogen (secondary N) is 1. The van der Waals surface area contributed by atoms with Crippen molar-refractivity contribution in [3.8, 4) is 17.0 Å². The molecule has 2 heterocycles. The molecule has 0 unspecified atom stereocenters. The van der Waals surface area contributed by atoms with Gasteiger partial charge in [-0.1, -0.05) is 24.3 Å². The Hall–Kier alpha value is -2.74. The van der Waals surface area contributed by atoms with Gasteiger partial charge in [-0.3, -0.25) is 14.6 Å². The maximum absolute atomic E-state index is 12.6. The van der Waals surface area contributed by atoms with Crippen LogP contribution in [0, 0.1) is 6.92 Å². The Morgan fingerprint density at radius 3 is 2.52 bits per heavy atom. The Labute approximate surface area is 187 Å². The smallest absolute Gasteiger partial charge is 0.238 e. The molecular formula is C24H28N4O2S. The highest BCUT2D eigenvalue weighted by Gasteiger charge is 2.19. The van der Waals surface area contributed by atoms with Gasteiger partial charge < -0.3 is 10.1 Å². The lowest BCUT2D eigenvalue weighted by atomic mass is 10.1. The predicted octanol–water partition coefficient (Wildman–Crippen LogP) is 3.88. The van der Waals surface area contributed by atoms with Crippen LogP contribution in [0.5, 0.6) is 5.75 Å². The van der Waals surface area contributed by atoms with E-state index in [-0.39, 0.29) is 5.91 Å². The van der Waals surface area contributed by atoms with Crippen molar-refractivity contribution >= 4 is 22.9 Å². The Morgan fingerprint density at radius 2 is 1.84 bits per heavy atom. The molecule has 1 amide bonds. The molecule has 4 rings (SSSR count). The fraction of sp³-hybridized carbons (Fsp3) is 0.333. The van der Waals surface area contributed by atoms with Crippen molar-refractivity contribution in [2.45, 2.75) is 13.5 Å². The molecule has 0 bridgehead atoms. The summed E-state index contributed by atoms with van der Waals surface area (Å²) in [6.45, 7) is 7.03. The standard InChI is InChI=1S/C24H28N4O2S/c1-18-25-23(17-31-18)20-4-3-5-21(14-20)26-24(29)16-28-12-10-27(11-13-28)15-19-6-8-22(30-2)9-7-19/h3-9,14,17H,10-13,15-16H2,1-2H3,(H,26,29). The number of aryl methyl sites for hydroxylation is 1. The van der Waals surface area contributed by atoms with Gasteiger partial charge in [-0.25, -0.2) is 4.98 Å². The minimum Gasteiger partial charge on any atom is -0.497 e. The Balaban J connectivity index is 1.24. The first kappa shape index (κ1) is 21.5. The van der Waals surface area contributed by atoms with Crippen molar-refractivity contribution in [2.24, 2.45) is 0 Å². The summed E-state index contributed by atoms with van der Waals surface area (Å²) < 4.78 is 5.22. The molecule has 0 saturated carbocycles. The number of aromatic nitrogens is 1. The van der Waals surface area contributed by atoms with Gasteiger partial charge in [0.15, 0.2) is 0 Å². The van der Waals surface area contributed by atoms with Crippen LogP contribution in [-0.2, 0) is 11.3 Å². The third-order valence-corrected chi connectivity index (χ3v) is 6.23. The van der Waals surface area contributed by atoms with E-state index in [1.165, 1.54) is 5.56 Å².